The number of nitrogens with one attached hydrogen (secondary N) is 1. The summed E-state index contributed by atoms with van der Waals surface area (Å²) in [6.07, 6.45) is 1.42. The second kappa shape index (κ2) is 9.72. The first kappa shape index (κ1) is 18.8. The molecule has 1 N–H and O–H groups in total. The average molecular weight is 341 g/mol. The first-order chi connectivity index (χ1) is 12.0. The zero-order chi connectivity index (χ0) is 18.1. The number of hydrogen-bond acceptors (Lipinski definition) is 3. The Kier molecular flexibility index (Phi) is 7.33. The van der Waals surface area contributed by atoms with E-state index < -0.39 is 6.10 Å². The highest BCUT2D eigenvalue weighted by atomic mass is 16.5. The van der Waals surface area contributed by atoms with E-state index in [1.807, 2.05) is 56.3 Å². The van der Waals surface area contributed by atoms with Crippen molar-refractivity contribution < 1.29 is 14.3 Å². The highest BCUT2D eigenvalue weighted by molar-refractivity contribution is 5.80. The van der Waals surface area contributed by atoms with E-state index in [0.717, 1.165) is 18.6 Å². The minimum Gasteiger partial charge on any atom is -0.491 e. The Morgan fingerprint density at radius 1 is 0.960 bits per heavy atom. The number of carbonyl (C=O) groups excluding carboxylic acids is 1. The summed E-state index contributed by atoms with van der Waals surface area (Å²) in [7, 11) is 0. The summed E-state index contributed by atoms with van der Waals surface area (Å²) in [5.74, 6) is 1.49. The lowest BCUT2D eigenvalue weighted by molar-refractivity contribution is -0.127. The van der Waals surface area contributed by atoms with Crippen LogP contribution in [0.2, 0.25) is 0 Å². The topological polar surface area (TPSA) is 47.6 Å². The fraction of sp³-hybridized carbons (Fsp3) is 0.381. The zero-order valence-electron chi connectivity index (χ0n) is 15.2. The Labute approximate surface area is 150 Å². The lowest BCUT2D eigenvalue weighted by Gasteiger charge is -2.14. The van der Waals surface area contributed by atoms with Crippen LogP contribution in [0, 0.1) is 0 Å². The molecule has 0 unspecified atom stereocenters. The van der Waals surface area contributed by atoms with Gasteiger partial charge in [0.1, 0.15) is 11.5 Å². The Bertz CT molecular complexity index is 655. The van der Waals surface area contributed by atoms with Crippen LogP contribution in [-0.4, -0.2) is 24.7 Å². The molecule has 2 aromatic rings. The Morgan fingerprint density at radius 2 is 1.68 bits per heavy atom. The lowest BCUT2D eigenvalue weighted by atomic mass is 10.1. The number of carbonyl (C=O) groups is 1. The van der Waals surface area contributed by atoms with Crippen molar-refractivity contribution in [1.82, 2.24) is 5.32 Å². The highest BCUT2D eigenvalue weighted by Gasteiger charge is 2.13. The van der Waals surface area contributed by atoms with E-state index in [-0.39, 0.29) is 12.0 Å². The van der Waals surface area contributed by atoms with Gasteiger partial charge in [-0.3, -0.25) is 4.79 Å². The van der Waals surface area contributed by atoms with E-state index in [2.05, 4.69) is 17.4 Å². The first-order valence-corrected chi connectivity index (χ1v) is 8.79. The van der Waals surface area contributed by atoms with Crippen LogP contribution in [-0.2, 0) is 11.2 Å². The Balaban J connectivity index is 1.71. The van der Waals surface area contributed by atoms with Crippen LogP contribution in [0.1, 0.15) is 32.8 Å². The number of amides is 1. The van der Waals surface area contributed by atoms with Gasteiger partial charge in [-0.15, -0.1) is 0 Å². The van der Waals surface area contributed by atoms with Gasteiger partial charge in [0.15, 0.2) is 6.10 Å². The second-order valence-corrected chi connectivity index (χ2v) is 6.28. The van der Waals surface area contributed by atoms with Gasteiger partial charge in [0.2, 0.25) is 0 Å². The van der Waals surface area contributed by atoms with Gasteiger partial charge in [-0.25, -0.2) is 0 Å². The third-order valence-corrected chi connectivity index (χ3v) is 3.64. The lowest BCUT2D eigenvalue weighted by Crippen LogP contribution is -2.36. The Morgan fingerprint density at radius 3 is 2.40 bits per heavy atom. The summed E-state index contributed by atoms with van der Waals surface area (Å²) in [4.78, 5) is 12.1. The number of aryl methyl sites for hydroxylation is 1. The number of hydrogen-bond donors (Lipinski definition) is 1. The van der Waals surface area contributed by atoms with Gasteiger partial charge in [0.05, 0.1) is 6.10 Å². The van der Waals surface area contributed by atoms with Gasteiger partial charge in [0.25, 0.3) is 5.91 Å². The molecule has 4 nitrogen and oxygen atoms in total. The van der Waals surface area contributed by atoms with Crippen molar-refractivity contribution in [2.24, 2.45) is 0 Å². The van der Waals surface area contributed by atoms with E-state index in [4.69, 9.17) is 9.47 Å². The van der Waals surface area contributed by atoms with E-state index in [1.165, 1.54) is 5.56 Å². The van der Waals surface area contributed by atoms with Crippen LogP contribution in [0.25, 0.3) is 0 Å². The molecule has 0 heterocycles. The normalized spacial score (nSPS) is 11.8. The molecule has 0 aromatic heterocycles. The summed E-state index contributed by atoms with van der Waals surface area (Å²) in [5, 5.41) is 2.92. The van der Waals surface area contributed by atoms with E-state index in [0.29, 0.717) is 12.3 Å². The molecule has 0 spiro atoms. The highest BCUT2D eigenvalue weighted by Crippen LogP contribution is 2.16. The van der Waals surface area contributed by atoms with E-state index >= 15 is 0 Å². The SMILES string of the molecule is CC(C)Oc1cccc(CCCNC(=O)[C@H](C)Oc2ccccc2)c1. The molecule has 0 aliphatic heterocycles. The van der Waals surface area contributed by atoms with Crippen molar-refractivity contribution in [1.29, 1.82) is 0 Å². The molecular formula is C21H27NO3. The third-order valence-electron chi connectivity index (χ3n) is 3.64. The maximum absolute atomic E-state index is 12.1. The summed E-state index contributed by atoms with van der Waals surface area (Å²) in [6, 6.07) is 17.5. The fourth-order valence-corrected chi connectivity index (χ4v) is 2.45. The van der Waals surface area contributed by atoms with Crippen molar-refractivity contribution in [3.05, 3.63) is 60.2 Å². The van der Waals surface area contributed by atoms with Gasteiger partial charge < -0.3 is 14.8 Å². The molecule has 25 heavy (non-hydrogen) atoms. The van der Waals surface area contributed by atoms with Gasteiger partial charge in [-0.05, 0) is 63.4 Å². The monoisotopic (exact) mass is 341 g/mol. The van der Waals surface area contributed by atoms with Crippen LogP contribution in [0.15, 0.2) is 54.6 Å². The van der Waals surface area contributed by atoms with Crippen molar-refractivity contribution in [3.63, 3.8) is 0 Å². The van der Waals surface area contributed by atoms with Crippen LogP contribution in [0.4, 0.5) is 0 Å². The van der Waals surface area contributed by atoms with Crippen molar-refractivity contribution in [2.75, 3.05) is 6.54 Å². The first-order valence-electron chi connectivity index (χ1n) is 8.79. The van der Waals surface area contributed by atoms with Crippen molar-refractivity contribution in [2.45, 2.75) is 45.8 Å². The number of para-hydroxylation sites is 1. The molecular weight excluding hydrogens is 314 g/mol. The van der Waals surface area contributed by atoms with Gasteiger partial charge in [-0.1, -0.05) is 30.3 Å². The summed E-state index contributed by atoms with van der Waals surface area (Å²) in [6.45, 7) is 6.41. The minimum atomic E-state index is -0.509. The second-order valence-electron chi connectivity index (χ2n) is 6.28. The van der Waals surface area contributed by atoms with Crippen LogP contribution >= 0.6 is 0 Å². The third kappa shape index (κ3) is 6.87. The number of benzene rings is 2. The number of ether oxygens (including phenoxy) is 2. The van der Waals surface area contributed by atoms with Crippen LogP contribution < -0.4 is 14.8 Å². The predicted octanol–water partition coefficient (Wildman–Crippen LogP) is 3.99. The molecule has 2 aromatic carbocycles. The van der Waals surface area contributed by atoms with Gasteiger partial charge >= 0.3 is 0 Å². The molecule has 0 fully saturated rings. The molecule has 4 heteroatoms. The molecule has 0 aliphatic carbocycles. The molecule has 134 valence electrons. The predicted molar refractivity (Wildman–Crippen MR) is 100 cm³/mol. The molecule has 0 aliphatic rings. The molecule has 2 rings (SSSR count). The molecule has 0 bridgehead atoms. The summed E-state index contributed by atoms with van der Waals surface area (Å²) in [5.41, 5.74) is 1.21. The van der Waals surface area contributed by atoms with Gasteiger partial charge in [0, 0.05) is 6.54 Å². The van der Waals surface area contributed by atoms with Crippen molar-refractivity contribution in [3.8, 4) is 11.5 Å². The maximum Gasteiger partial charge on any atom is 0.260 e. The molecule has 0 radical (unpaired) electrons. The molecule has 1 atom stereocenters. The molecule has 0 saturated heterocycles. The smallest absolute Gasteiger partial charge is 0.260 e. The van der Waals surface area contributed by atoms with E-state index in [9.17, 15) is 4.79 Å². The minimum absolute atomic E-state index is 0.0965. The zero-order valence-corrected chi connectivity index (χ0v) is 15.2. The van der Waals surface area contributed by atoms with Crippen LogP contribution in [0.5, 0.6) is 11.5 Å². The molecule has 0 saturated carbocycles. The van der Waals surface area contributed by atoms with Gasteiger partial charge in [-0.2, -0.15) is 0 Å². The van der Waals surface area contributed by atoms with Crippen LogP contribution in [0.3, 0.4) is 0 Å². The quantitative estimate of drug-likeness (QED) is 0.702. The fourth-order valence-electron chi connectivity index (χ4n) is 2.45. The average Bonchev–Trinajstić information content (AvgIpc) is 2.59. The maximum atomic E-state index is 12.1. The van der Waals surface area contributed by atoms with E-state index in [1.54, 1.807) is 6.92 Å². The summed E-state index contributed by atoms with van der Waals surface area (Å²) >= 11 is 0. The summed E-state index contributed by atoms with van der Waals surface area (Å²) < 4.78 is 11.3. The standard InChI is InChI=1S/C21H27NO3/c1-16(2)24-20-13-7-9-18(15-20)10-8-14-22-21(23)17(3)25-19-11-5-4-6-12-19/h4-7,9,11-13,15-17H,8,10,14H2,1-3H3,(H,22,23)/t17-/m0/s1. The van der Waals surface area contributed by atoms with Crippen molar-refractivity contribution >= 4 is 5.91 Å². The largest absolute Gasteiger partial charge is 0.491 e. The Hall–Kier alpha value is -2.49. The number of rotatable bonds is 9. The molecule has 1 amide bonds.